The number of unbranched alkanes of at least 4 members (excludes halogenated alkanes) is 3. The van der Waals surface area contributed by atoms with Gasteiger partial charge in [0.25, 0.3) is 5.56 Å². The lowest BCUT2D eigenvalue weighted by atomic mass is 10.2. The second-order valence-corrected chi connectivity index (χ2v) is 4.39. The number of nitrogens with zero attached hydrogens (tertiary/aromatic N) is 2. The highest BCUT2D eigenvalue weighted by molar-refractivity contribution is 5.74. The molecule has 2 heterocycles. The van der Waals surface area contributed by atoms with E-state index in [0.29, 0.717) is 5.65 Å². The van der Waals surface area contributed by atoms with Crippen molar-refractivity contribution in [3.05, 3.63) is 40.8 Å². The van der Waals surface area contributed by atoms with E-state index in [1.54, 1.807) is 23.0 Å². The van der Waals surface area contributed by atoms with Crippen molar-refractivity contribution < 1.29 is 0 Å². The van der Waals surface area contributed by atoms with Crippen LogP contribution in [0, 0.1) is 0 Å². The van der Waals surface area contributed by atoms with Gasteiger partial charge in [0.05, 0.1) is 0 Å². The van der Waals surface area contributed by atoms with Crippen LogP contribution in [0.5, 0.6) is 0 Å². The highest BCUT2D eigenvalue weighted by Gasteiger charge is 2.02. The molecule has 0 aliphatic heterocycles. The zero-order valence-electron chi connectivity index (χ0n) is 10.7. The quantitative estimate of drug-likeness (QED) is 0.795. The van der Waals surface area contributed by atoms with Crippen LogP contribution in [0.25, 0.3) is 11.0 Å². The molecule has 0 radical (unpaired) electrons. The van der Waals surface area contributed by atoms with E-state index in [2.05, 4.69) is 17.3 Å². The zero-order valence-corrected chi connectivity index (χ0v) is 10.7. The van der Waals surface area contributed by atoms with Gasteiger partial charge in [-0.1, -0.05) is 26.2 Å². The Kier molecular flexibility index (Phi) is 4.34. The highest BCUT2D eigenvalue weighted by Crippen LogP contribution is 2.06. The fourth-order valence-electron chi connectivity index (χ4n) is 1.96. The second kappa shape index (κ2) is 6.19. The van der Waals surface area contributed by atoms with E-state index in [4.69, 9.17) is 0 Å². The molecule has 4 heteroatoms. The summed E-state index contributed by atoms with van der Waals surface area (Å²) in [4.78, 5) is 16.1. The first-order chi connectivity index (χ1) is 8.83. The molecule has 2 aromatic rings. The summed E-state index contributed by atoms with van der Waals surface area (Å²) in [6.45, 7) is 2.99. The molecule has 0 saturated heterocycles. The standard InChI is InChI=1S/C14H19N3O/c1-2-3-4-5-11-16-17-13(18)9-8-12-7-6-10-15-14(12)17/h6-10,16H,2-5,11H2,1H3. The van der Waals surface area contributed by atoms with Crippen LogP contribution in [0.1, 0.15) is 32.6 Å². The summed E-state index contributed by atoms with van der Waals surface area (Å²) in [5, 5.41) is 0.971. The lowest BCUT2D eigenvalue weighted by molar-refractivity contribution is 0.660. The van der Waals surface area contributed by atoms with Crippen molar-refractivity contribution >= 4 is 11.0 Å². The van der Waals surface area contributed by atoms with E-state index >= 15 is 0 Å². The van der Waals surface area contributed by atoms with Gasteiger partial charge in [-0.3, -0.25) is 4.79 Å². The first-order valence-corrected chi connectivity index (χ1v) is 6.53. The summed E-state index contributed by atoms with van der Waals surface area (Å²) in [7, 11) is 0. The van der Waals surface area contributed by atoms with Gasteiger partial charge in [-0.05, 0) is 24.6 Å². The summed E-state index contributed by atoms with van der Waals surface area (Å²) < 4.78 is 1.54. The van der Waals surface area contributed by atoms with Crippen molar-refractivity contribution in [2.45, 2.75) is 32.6 Å². The van der Waals surface area contributed by atoms with Crippen LogP contribution in [0.15, 0.2) is 35.3 Å². The number of nitrogens with one attached hydrogen (secondary N) is 1. The zero-order chi connectivity index (χ0) is 12.8. The van der Waals surface area contributed by atoms with Gasteiger partial charge < -0.3 is 5.43 Å². The summed E-state index contributed by atoms with van der Waals surface area (Å²) in [6.07, 6.45) is 6.43. The fraction of sp³-hybridized carbons (Fsp3) is 0.429. The predicted octanol–water partition coefficient (Wildman–Crippen LogP) is 2.52. The van der Waals surface area contributed by atoms with Crippen molar-refractivity contribution in [2.75, 3.05) is 12.0 Å². The van der Waals surface area contributed by atoms with E-state index in [1.807, 2.05) is 12.1 Å². The first kappa shape index (κ1) is 12.6. The van der Waals surface area contributed by atoms with E-state index in [9.17, 15) is 4.79 Å². The van der Waals surface area contributed by atoms with Crippen LogP contribution >= 0.6 is 0 Å². The monoisotopic (exact) mass is 245 g/mol. The van der Waals surface area contributed by atoms with Crippen LogP contribution in [0.2, 0.25) is 0 Å². The molecule has 0 fully saturated rings. The summed E-state index contributed by atoms with van der Waals surface area (Å²) in [5.74, 6) is 0. The van der Waals surface area contributed by atoms with Crippen LogP contribution in [-0.2, 0) is 0 Å². The lowest BCUT2D eigenvalue weighted by Crippen LogP contribution is -2.29. The molecule has 0 atom stereocenters. The molecule has 0 saturated carbocycles. The van der Waals surface area contributed by atoms with E-state index in [1.165, 1.54) is 19.3 Å². The number of rotatable bonds is 6. The van der Waals surface area contributed by atoms with Crippen molar-refractivity contribution in [1.29, 1.82) is 0 Å². The third-order valence-corrected chi connectivity index (χ3v) is 2.95. The molecule has 2 aromatic heterocycles. The van der Waals surface area contributed by atoms with Crippen molar-refractivity contribution in [2.24, 2.45) is 0 Å². The smallest absolute Gasteiger partial charge is 0.270 e. The van der Waals surface area contributed by atoms with Gasteiger partial charge in [-0.2, -0.15) is 0 Å². The molecule has 0 bridgehead atoms. The molecular weight excluding hydrogens is 226 g/mol. The first-order valence-electron chi connectivity index (χ1n) is 6.53. The Morgan fingerprint density at radius 3 is 2.94 bits per heavy atom. The van der Waals surface area contributed by atoms with Gasteiger partial charge >= 0.3 is 0 Å². The molecule has 1 N–H and O–H groups in total. The Hall–Kier alpha value is -1.84. The average Bonchev–Trinajstić information content (AvgIpc) is 2.41. The lowest BCUT2D eigenvalue weighted by Gasteiger charge is -2.11. The molecule has 4 nitrogen and oxygen atoms in total. The van der Waals surface area contributed by atoms with E-state index in [-0.39, 0.29) is 5.56 Å². The van der Waals surface area contributed by atoms with E-state index in [0.717, 1.165) is 18.4 Å². The molecule has 0 aromatic carbocycles. The number of pyridine rings is 2. The van der Waals surface area contributed by atoms with Gasteiger partial charge in [0, 0.05) is 24.2 Å². The third-order valence-electron chi connectivity index (χ3n) is 2.95. The maximum atomic E-state index is 11.8. The number of hydrogen-bond acceptors (Lipinski definition) is 3. The molecule has 0 aliphatic carbocycles. The summed E-state index contributed by atoms with van der Waals surface area (Å²) in [5.41, 5.74) is 3.79. The Morgan fingerprint density at radius 1 is 1.22 bits per heavy atom. The van der Waals surface area contributed by atoms with Crippen LogP contribution in [0.3, 0.4) is 0 Å². The van der Waals surface area contributed by atoms with Crippen molar-refractivity contribution in [3.63, 3.8) is 0 Å². The summed E-state index contributed by atoms with van der Waals surface area (Å²) in [6, 6.07) is 7.21. The van der Waals surface area contributed by atoms with Gasteiger partial charge in [0.2, 0.25) is 0 Å². The average molecular weight is 245 g/mol. The SMILES string of the molecule is CCCCCCNn1c(=O)ccc2cccnc21. The minimum Gasteiger partial charge on any atom is -0.321 e. The number of hydrogen-bond donors (Lipinski definition) is 1. The molecule has 2 rings (SSSR count). The summed E-state index contributed by atoms with van der Waals surface area (Å²) >= 11 is 0. The maximum Gasteiger partial charge on any atom is 0.270 e. The van der Waals surface area contributed by atoms with Gasteiger partial charge in [0.15, 0.2) is 5.65 Å². The van der Waals surface area contributed by atoms with E-state index < -0.39 is 0 Å². The minimum absolute atomic E-state index is 0.0586. The normalized spacial score (nSPS) is 10.7. The predicted molar refractivity (Wildman–Crippen MR) is 74.4 cm³/mol. The van der Waals surface area contributed by atoms with Crippen molar-refractivity contribution in [3.8, 4) is 0 Å². The number of aromatic nitrogens is 2. The number of fused-ring (bicyclic) bond motifs is 1. The second-order valence-electron chi connectivity index (χ2n) is 4.39. The molecule has 0 unspecified atom stereocenters. The molecule has 18 heavy (non-hydrogen) atoms. The Morgan fingerprint density at radius 2 is 2.11 bits per heavy atom. The highest BCUT2D eigenvalue weighted by atomic mass is 16.1. The Balaban J connectivity index is 2.12. The van der Waals surface area contributed by atoms with Gasteiger partial charge in [-0.25, -0.2) is 9.66 Å². The molecular formula is C14H19N3O. The molecule has 0 aliphatic rings. The van der Waals surface area contributed by atoms with Gasteiger partial charge in [0.1, 0.15) is 0 Å². The fourth-order valence-corrected chi connectivity index (χ4v) is 1.96. The molecule has 0 spiro atoms. The largest absolute Gasteiger partial charge is 0.321 e. The molecule has 0 amide bonds. The van der Waals surface area contributed by atoms with Gasteiger partial charge in [-0.15, -0.1) is 0 Å². The van der Waals surface area contributed by atoms with Crippen LogP contribution in [0.4, 0.5) is 0 Å². The minimum atomic E-state index is -0.0586. The van der Waals surface area contributed by atoms with Crippen LogP contribution < -0.4 is 11.0 Å². The topological polar surface area (TPSA) is 46.9 Å². The maximum absolute atomic E-state index is 11.8. The van der Waals surface area contributed by atoms with Crippen LogP contribution in [-0.4, -0.2) is 16.2 Å². The third kappa shape index (κ3) is 2.88. The van der Waals surface area contributed by atoms with Crippen molar-refractivity contribution in [1.82, 2.24) is 9.66 Å². The Bertz CT molecular complexity index is 562. The molecule has 96 valence electrons. The Labute approximate surface area is 107 Å².